The second kappa shape index (κ2) is 6.00. The third-order valence-corrected chi connectivity index (χ3v) is 3.81. The van der Waals surface area contributed by atoms with Gasteiger partial charge in [-0.25, -0.2) is 0 Å². The number of hydrogen-bond donors (Lipinski definition) is 0. The number of carbonyl (C=O) groups excluding carboxylic acids is 1. The minimum absolute atomic E-state index is 0.507. The van der Waals surface area contributed by atoms with Crippen molar-refractivity contribution in [3.05, 3.63) is 4.88 Å². The van der Waals surface area contributed by atoms with Crippen LogP contribution in [0.1, 0.15) is 42.3 Å². The SMILES string of the molecule is CCCOc1nc(N2CCCCC2)sc1C=O. The van der Waals surface area contributed by atoms with Crippen molar-refractivity contribution >= 4 is 22.8 Å². The highest BCUT2D eigenvalue weighted by Crippen LogP contribution is 2.31. The molecule has 1 aliphatic rings. The molecule has 0 N–H and O–H groups in total. The zero-order valence-electron chi connectivity index (χ0n) is 10.1. The van der Waals surface area contributed by atoms with Crippen LogP contribution in [0.25, 0.3) is 0 Å². The summed E-state index contributed by atoms with van der Waals surface area (Å²) in [7, 11) is 0. The number of aldehydes is 1. The lowest BCUT2D eigenvalue weighted by molar-refractivity contribution is 0.112. The minimum Gasteiger partial charge on any atom is -0.477 e. The number of ether oxygens (including phenoxy) is 1. The fraction of sp³-hybridized carbons (Fsp3) is 0.667. The summed E-state index contributed by atoms with van der Waals surface area (Å²) in [6.45, 7) is 4.74. The van der Waals surface area contributed by atoms with Gasteiger partial charge in [-0.05, 0) is 25.7 Å². The predicted octanol–water partition coefficient (Wildman–Crippen LogP) is 2.73. The molecule has 1 fully saturated rings. The van der Waals surface area contributed by atoms with Gasteiger partial charge in [-0.3, -0.25) is 4.79 Å². The van der Waals surface area contributed by atoms with Crippen LogP contribution in [0.3, 0.4) is 0 Å². The Hall–Kier alpha value is -1.10. The van der Waals surface area contributed by atoms with Gasteiger partial charge in [0.15, 0.2) is 11.4 Å². The van der Waals surface area contributed by atoms with Crippen LogP contribution in [-0.2, 0) is 0 Å². The molecular weight excluding hydrogens is 236 g/mol. The molecular formula is C12H18N2O2S. The molecule has 0 saturated carbocycles. The molecule has 1 aromatic rings. The molecule has 4 nitrogen and oxygen atoms in total. The Morgan fingerprint density at radius 3 is 2.82 bits per heavy atom. The lowest BCUT2D eigenvalue weighted by Gasteiger charge is -2.25. The Morgan fingerprint density at radius 2 is 2.18 bits per heavy atom. The highest BCUT2D eigenvalue weighted by atomic mass is 32.1. The Morgan fingerprint density at radius 1 is 1.41 bits per heavy atom. The molecule has 0 spiro atoms. The topological polar surface area (TPSA) is 42.4 Å². The maximum atomic E-state index is 11.0. The molecule has 0 radical (unpaired) electrons. The number of aromatic nitrogens is 1. The van der Waals surface area contributed by atoms with Gasteiger partial charge in [0.25, 0.3) is 0 Å². The summed E-state index contributed by atoms with van der Waals surface area (Å²) >= 11 is 1.44. The van der Waals surface area contributed by atoms with Crippen molar-refractivity contribution in [1.82, 2.24) is 4.98 Å². The largest absolute Gasteiger partial charge is 0.477 e. The van der Waals surface area contributed by atoms with E-state index < -0.39 is 0 Å². The van der Waals surface area contributed by atoms with Gasteiger partial charge in [-0.1, -0.05) is 18.3 Å². The molecule has 94 valence electrons. The third-order valence-electron chi connectivity index (χ3n) is 2.79. The lowest BCUT2D eigenvalue weighted by atomic mass is 10.1. The normalized spacial score (nSPS) is 15.9. The molecule has 0 aliphatic carbocycles. The van der Waals surface area contributed by atoms with Crippen LogP contribution in [0.15, 0.2) is 0 Å². The maximum Gasteiger partial charge on any atom is 0.237 e. The second-order valence-electron chi connectivity index (χ2n) is 4.18. The molecule has 0 amide bonds. The molecule has 17 heavy (non-hydrogen) atoms. The summed E-state index contributed by atoms with van der Waals surface area (Å²) in [6, 6.07) is 0. The van der Waals surface area contributed by atoms with Gasteiger partial charge in [-0.15, -0.1) is 0 Å². The fourth-order valence-electron chi connectivity index (χ4n) is 1.90. The first-order chi connectivity index (χ1) is 8.35. The van der Waals surface area contributed by atoms with E-state index in [1.807, 2.05) is 6.92 Å². The number of piperidine rings is 1. The zero-order chi connectivity index (χ0) is 12.1. The van der Waals surface area contributed by atoms with Crippen molar-refractivity contribution in [2.75, 3.05) is 24.6 Å². The van der Waals surface area contributed by atoms with Gasteiger partial charge in [0, 0.05) is 13.1 Å². The van der Waals surface area contributed by atoms with E-state index in [0.29, 0.717) is 17.4 Å². The average molecular weight is 254 g/mol. The number of hydrogen-bond acceptors (Lipinski definition) is 5. The Labute approximate surface area is 106 Å². The van der Waals surface area contributed by atoms with Crippen molar-refractivity contribution in [3.63, 3.8) is 0 Å². The predicted molar refractivity (Wildman–Crippen MR) is 69.4 cm³/mol. The lowest BCUT2D eigenvalue weighted by Crippen LogP contribution is -2.29. The van der Waals surface area contributed by atoms with Crippen molar-refractivity contribution in [2.45, 2.75) is 32.6 Å². The van der Waals surface area contributed by atoms with E-state index in [1.165, 1.54) is 30.6 Å². The molecule has 1 aliphatic heterocycles. The van der Waals surface area contributed by atoms with Crippen molar-refractivity contribution in [2.24, 2.45) is 0 Å². The monoisotopic (exact) mass is 254 g/mol. The van der Waals surface area contributed by atoms with Gasteiger partial charge in [0.1, 0.15) is 4.88 Å². The van der Waals surface area contributed by atoms with Crippen LogP contribution >= 0.6 is 11.3 Å². The van der Waals surface area contributed by atoms with E-state index in [4.69, 9.17) is 4.74 Å². The highest BCUT2D eigenvalue weighted by molar-refractivity contribution is 7.17. The molecule has 1 saturated heterocycles. The minimum atomic E-state index is 0.507. The van der Waals surface area contributed by atoms with Gasteiger partial charge in [0.2, 0.25) is 5.88 Å². The summed E-state index contributed by atoms with van der Waals surface area (Å²) in [5.41, 5.74) is 0. The standard InChI is InChI=1S/C12H18N2O2S/c1-2-8-16-11-10(9-15)17-12(13-11)14-6-4-3-5-7-14/h9H,2-8H2,1H3. The van der Waals surface area contributed by atoms with E-state index >= 15 is 0 Å². The molecule has 0 aromatic carbocycles. The Balaban J connectivity index is 2.11. The summed E-state index contributed by atoms with van der Waals surface area (Å²) < 4.78 is 5.49. The van der Waals surface area contributed by atoms with Crippen LogP contribution in [0.4, 0.5) is 5.13 Å². The fourth-order valence-corrected chi connectivity index (χ4v) is 2.78. The van der Waals surface area contributed by atoms with E-state index in [1.54, 1.807) is 0 Å². The average Bonchev–Trinajstić information content (AvgIpc) is 2.80. The number of carbonyl (C=O) groups is 1. The van der Waals surface area contributed by atoms with Crippen molar-refractivity contribution in [3.8, 4) is 5.88 Å². The van der Waals surface area contributed by atoms with Gasteiger partial charge < -0.3 is 9.64 Å². The van der Waals surface area contributed by atoms with E-state index in [2.05, 4.69) is 9.88 Å². The molecule has 0 atom stereocenters. The molecule has 2 heterocycles. The Bertz CT molecular complexity index is 373. The molecule has 0 unspecified atom stereocenters. The second-order valence-corrected chi connectivity index (χ2v) is 5.19. The number of anilines is 1. The third kappa shape index (κ3) is 2.97. The van der Waals surface area contributed by atoms with Crippen LogP contribution in [-0.4, -0.2) is 31.0 Å². The first-order valence-corrected chi connectivity index (χ1v) is 7.00. The van der Waals surface area contributed by atoms with E-state index in [9.17, 15) is 4.79 Å². The molecule has 0 bridgehead atoms. The molecule has 5 heteroatoms. The quantitative estimate of drug-likeness (QED) is 0.758. The van der Waals surface area contributed by atoms with Crippen LogP contribution < -0.4 is 9.64 Å². The van der Waals surface area contributed by atoms with Crippen LogP contribution in [0.5, 0.6) is 5.88 Å². The maximum absolute atomic E-state index is 11.0. The summed E-state index contributed by atoms with van der Waals surface area (Å²) in [5, 5.41) is 0.929. The van der Waals surface area contributed by atoms with Crippen molar-refractivity contribution in [1.29, 1.82) is 0 Å². The number of thiazole rings is 1. The van der Waals surface area contributed by atoms with Gasteiger partial charge >= 0.3 is 0 Å². The van der Waals surface area contributed by atoms with Crippen LogP contribution in [0, 0.1) is 0 Å². The van der Waals surface area contributed by atoms with E-state index in [0.717, 1.165) is 30.9 Å². The summed E-state index contributed by atoms with van der Waals surface area (Å²) in [5.74, 6) is 0.507. The number of nitrogens with zero attached hydrogens (tertiary/aromatic N) is 2. The first kappa shape index (κ1) is 12.4. The molecule has 2 rings (SSSR count). The van der Waals surface area contributed by atoms with E-state index in [-0.39, 0.29) is 0 Å². The smallest absolute Gasteiger partial charge is 0.237 e. The number of rotatable bonds is 5. The summed E-state index contributed by atoms with van der Waals surface area (Å²) in [4.78, 5) is 18.3. The molecule has 1 aromatic heterocycles. The van der Waals surface area contributed by atoms with Crippen LogP contribution in [0.2, 0.25) is 0 Å². The first-order valence-electron chi connectivity index (χ1n) is 6.19. The van der Waals surface area contributed by atoms with Gasteiger partial charge in [-0.2, -0.15) is 4.98 Å². The summed E-state index contributed by atoms with van der Waals surface area (Å²) in [6.07, 6.45) is 5.48. The Kier molecular flexibility index (Phi) is 4.36. The van der Waals surface area contributed by atoms with Crippen molar-refractivity contribution < 1.29 is 9.53 Å². The highest BCUT2D eigenvalue weighted by Gasteiger charge is 2.18. The zero-order valence-corrected chi connectivity index (χ0v) is 11.0. The van der Waals surface area contributed by atoms with Gasteiger partial charge in [0.05, 0.1) is 6.61 Å².